The van der Waals surface area contributed by atoms with Gasteiger partial charge in [0.2, 0.25) is 0 Å². The number of hydrogen-bond donors (Lipinski definition) is 0. The zero-order chi connectivity index (χ0) is 7.14. The van der Waals surface area contributed by atoms with E-state index in [9.17, 15) is 4.79 Å². The van der Waals surface area contributed by atoms with Crippen molar-refractivity contribution in [1.82, 2.24) is 0 Å². The van der Waals surface area contributed by atoms with E-state index < -0.39 is 0 Å². The molecule has 0 heterocycles. The first-order chi connectivity index (χ1) is 4.77. The molecule has 0 aromatic heterocycles. The zero-order valence-electron chi connectivity index (χ0n) is 6.10. The summed E-state index contributed by atoms with van der Waals surface area (Å²) >= 11 is 0. The Morgan fingerprint density at radius 3 is 2.90 bits per heavy atom. The summed E-state index contributed by atoms with van der Waals surface area (Å²) in [5, 5.41) is 0. The quantitative estimate of drug-likeness (QED) is 0.465. The SMILES string of the molecule is C=C1CC2CC1CCC2=O. The van der Waals surface area contributed by atoms with E-state index in [-0.39, 0.29) is 0 Å². The van der Waals surface area contributed by atoms with Gasteiger partial charge in [0.15, 0.2) is 0 Å². The molecule has 0 aromatic carbocycles. The minimum Gasteiger partial charge on any atom is -0.299 e. The van der Waals surface area contributed by atoms with Gasteiger partial charge in [-0.1, -0.05) is 12.2 Å². The van der Waals surface area contributed by atoms with E-state index in [1.807, 2.05) is 0 Å². The third kappa shape index (κ3) is 0.731. The molecule has 10 heavy (non-hydrogen) atoms. The van der Waals surface area contributed by atoms with Crippen LogP contribution < -0.4 is 0 Å². The molecule has 1 heteroatoms. The lowest BCUT2D eigenvalue weighted by Gasteiger charge is -2.16. The van der Waals surface area contributed by atoms with Crippen LogP contribution in [0.4, 0.5) is 0 Å². The summed E-state index contributed by atoms with van der Waals surface area (Å²) in [5.74, 6) is 1.55. The Morgan fingerprint density at radius 2 is 2.20 bits per heavy atom. The molecule has 2 unspecified atom stereocenters. The molecule has 0 amide bonds. The van der Waals surface area contributed by atoms with Crippen molar-refractivity contribution in [2.75, 3.05) is 0 Å². The van der Waals surface area contributed by atoms with Crippen LogP contribution in [0.15, 0.2) is 12.2 Å². The minimum atomic E-state index is 0.367. The second kappa shape index (κ2) is 1.94. The van der Waals surface area contributed by atoms with Gasteiger partial charge in [0.05, 0.1) is 0 Å². The van der Waals surface area contributed by atoms with Gasteiger partial charge in [-0.2, -0.15) is 0 Å². The summed E-state index contributed by atoms with van der Waals surface area (Å²) in [7, 11) is 0. The summed E-state index contributed by atoms with van der Waals surface area (Å²) in [4.78, 5) is 11.2. The second-order valence-corrected chi connectivity index (χ2v) is 3.50. The van der Waals surface area contributed by atoms with Crippen molar-refractivity contribution in [3.8, 4) is 0 Å². The van der Waals surface area contributed by atoms with Crippen LogP contribution in [0.5, 0.6) is 0 Å². The molecule has 0 saturated heterocycles. The summed E-state index contributed by atoms with van der Waals surface area (Å²) in [6.07, 6.45) is 3.99. The maximum atomic E-state index is 11.2. The van der Waals surface area contributed by atoms with Gasteiger partial charge in [-0.25, -0.2) is 0 Å². The lowest BCUT2D eigenvalue weighted by atomic mass is 9.88. The molecule has 2 fully saturated rings. The third-order valence-corrected chi connectivity index (χ3v) is 2.85. The fraction of sp³-hybridized carbons (Fsp3) is 0.667. The fourth-order valence-electron chi connectivity index (χ4n) is 2.16. The Labute approximate surface area is 61.1 Å². The Morgan fingerprint density at radius 1 is 1.40 bits per heavy atom. The van der Waals surface area contributed by atoms with E-state index in [4.69, 9.17) is 0 Å². The monoisotopic (exact) mass is 136 g/mol. The Balaban J connectivity index is 2.22. The molecule has 0 N–H and O–H groups in total. The van der Waals surface area contributed by atoms with E-state index >= 15 is 0 Å². The van der Waals surface area contributed by atoms with Gasteiger partial charge in [-0.3, -0.25) is 4.79 Å². The summed E-state index contributed by atoms with van der Waals surface area (Å²) in [5.41, 5.74) is 1.33. The lowest BCUT2D eigenvalue weighted by Crippen LogP contribution is -2.16. The maximum absolute atomic E-state index is 11.2. The zero-order valence-corrected chi connectivity index (χ0v) is 6.10. The smallest absolute Gasteiger partial charge is 0.136 e. The molecule has 2 aliphatic carbocycles. The Bertz CT molecular complexity index is 191. The van der Waals surface area contributed by atoms with Crippen molar-refractivity contribution < 1.29 is 4.79 Å². The molecular formula is C9H12O. The van der Waals surface area contributed by atoms with E-state index in [2.05, 4.69) is 6.58 Å². The third-order valence-electron chi connectivity index (χ3n) is 2.85. The predicted molar refractivity (Wildman–Crippen MR) is 39.6 cm³/mol. The number of fused-ring (bicyclic) bond motifs is 2. The van der Waals surface area contributed by atoms with Gasteiger partial charge in [0.25, 0.3) is 0 Å². The molecule has 2 aliphatic rings. The van der Waals surface area contributed by atoms with Crippen molar-refractivity contribution in [2.24, 2.45) is 11.8 Å². The normalized spacial score (nSPS) is 38.8. The van der Waals surface area contributed by atoms with E-state index in [1.54, 1.807) is 0 Å². The van der Waals surface area contributed by atoms with Crippen LogP contribution in [0, 0.1) is 11.8 Å². The largest absolute Gasteiger partial charge is 0.299 e. The second-order valence-electron chi connectivity index (χ2n) is 3.50. The highest BCUT2D eigenvalue weighted by Crippen LogP contribution is 2.42. The molecular weight excluding hydrogens is 124 g/mol. The van der Waals surface area contributed by atoms with E-state index in [0.29, 0.717) is 17.6 Å². The molecule has 2 rings (SSSR count). The van der Waals surface area contributed by atoms with Crippen LogP contribution in [0.25, 0.3) is 0 Å². The van der Waals surface area contributed by atoms with Crippen molar-refractivity contribution in [2.45, 2.75) is 25.7 Å². The van der Waals surface area contributed by atoms with Crippen molar-refractivity contribution in [3.63, 3.8) is 0 Å². The molecule has 0 radical (unpaired) electrons. The van der Waals surface area contributed by atoms with Gasteiger partial charge in [-0.15, -0.1) is 0 Å². The highest BCUT2D eigenvalue weighted by atomic mass is 16.1. The molecule has 54 valence electrons. The minimum absolute atomic E-state index is 0.367. The lowest BCUT2D eigenvalue weighted by molar-refractivity contribution is -0.124. The van der Waals surface area contributed by atoms with Crippen LogP contribution in [0.1, 0.15) is 25.7 Å². The first kappa shape index (κ1) is 6.14. The van der Waals surface area contributed by atoms with Gasteiger partial charge < -0.3 is 0 Å². The van der Waals surface area contributed by atoms with Gasteiger partial charge in [0.1, 0.15) is 5.78 Å². The summed E-state index contributed by atoms with van der Waals surface area (Å²) < 4.78 is 0. The van der Waals surface area contributed by atoms with Gasteiger partial charge in [-0.05, 0) is 25.2 Å². The number of rotatable bonds is 0. The number of ketones is 1. The van der Waals surface area contributed by atoms with Crippen LogP contribution in [0.3, 0.4) is 0 Å². The molecule has 2 atom stereocenters. The summed E-state index contributed by atoms with van der Waals surface area (Å²) in [6, 6.07) is 0. The summed E-state index contributed by atoms with van der Waals surface area (Å²) in [6.45, 7) is 3.98. The topological polar surface area (TPSA) is 17.1 Å². The maximum Gasteiger partial charge on any atom is 0.136 e. The van der Waals surface area contributed by atoms with Crippen LogP contribution in [-0.2, 0) is 4.79 Å². The highest BCUT2D eigenvalue weighted by molar-refractivity contribution is 5.83. The van der Waals surface area contributed by atoms with Gasteiger partial charge >= 0.3 is 0 Å². The molecule has 1 nitrogen and oxygen atoms in total. The number of Topliss-reactive ketones (excluding diaryl/α,β-unsaturated/α-hetero) is 1. The number of carbonyl (C=O) groups excluding carboxylic acids is 1. The average molecular weight is 136 g/mol. The first-order valence-corrected chi connectivity index (χ1v) is 3.98. The van der Waals surface area contributed by atoms with E-state index in [0.717, 1.165) is 25.7 Å². The molecule has 2 saturated carbocycles. The fourth-order valence-corrected chi connectivity index (χ4v) is 2.16. The average Bonchev–Trinajstić information content (AvgIpc) is 2.21. The molecule has 2 bridgehead atoms. The molecule has 0 aromatic rings. The van der Waals surface area contributed by atoms with Crippen molar-refractivity contribution in [3.05, 3.63) is 12.2 Å². The van der Waals surface area contributed by atoms with Gasteiger partial charge in [0, 0.05) is 12.3 Å². The molecule has 0 aliphatic heterocycles. The number of carbonyl (C=O) groups is 1. The van der Waals surface area contributed by atoms with Crippen LogP contribution >= 0.6 is 0 Å². The van der Waals surface area contributed by atoms with Crippen LogP contribution in [-0.4, -0.2) is 5.78 Å². The Hall–Kier alpha value is -0.590. The number of allylic oxidation sites excluding steroid dienone is 1. The number of hydrogen-bond acceptors (Lipinski definition) is 1. The molecule has 0 spiro atoms. The first-order valence-electron chi connectivity index (χ1n) is 3.98. The standard InChI is InChI=1S/C9H12O/c1-6-4-8-5-7(6)2-3-9(8)10/h7-8H,1-5H2. The van der Waals surface area contributed by atoms with E-state index in [1.165, 1.54) is 5.57 Å². The van der Waals surface area contributed by atoms with Crippen molar-refractivity contribution in [1.29, 1.82) is 0 Å². The van der Waals surface area contributed by atoms with Crippen molar-refractivity contribution >= 4 is 5.78 Å². The highest BCUT2D eigenvalue weighted by Gasteiger charge is 2.36. The Kier molecular flexibility index (Phi) is 1.19. The van der Waals surface area contributed by atoms with Crippen LogP contribution in [0.2, 0.25) is 0 Å². The predicted octanol–water partition coefficient (Wildman–Crippen LogP) is 1.93.